The van der Waals surface area contributed by atoms with Crippen LogP contribution in [-0.4, -0.2) is 14.7 Å². The second-order valence-corrected chi connectivity index (χ2v) is 4.08. The average molecular weight is 267 g/mol. The Bertz CT molecular complexity index is 453. The number of aromatic nitrogens is 2. The van der Waals surface area contributed by atoms with E-state index in [-0.39, 0.29) is 6.61 Å². The summed E-state index contributed by atoms with van der Waals surface area (Å²) in [5.41, 5.74) is 1.17. The number of hydrogen-bond donors (Lipinski definition) is 1. The molecule has 0 amide bonds. The highest BCUT2D eigenvalue weighted by atomic mass is 79.9. The van der Waals surface area contributed by atoms with Gasteiger partial charge < -0.3 is 9.67 Å². The molecule has 0 radical (unpaired) electrons. The Morgan fingerprint density at radius 2 is 2.13 bits per heavy atom. The molecular weight excluding hydrogens is 256 g/mol. The molecule has 0 spiro atoms. The lowest BCUT2D eigenvalue weighted by Crippen LogP contribution is -2.04. The standard InChI is InChI=1S/C11H11BrN2O/c12-10-4-2-1-3-9(10)7-14-6-5-13-11(14)8-15/h1-6,15H,7-8H2. The maximum atomic E-state index is 9.06. The Kier molecular flexibility index (Phi) is 3.18. The highest BCUT2D eigenvalue weighted by Crippen LogP contribution is 2.17. The minimum Gasteiger partial charge on any atom is -0.388 e. The van der Waals surface area contributed by atoms with Gasteiger partial charge in [-0.25, -0.2) is 4.98 Å². The number of benzene rings is 1. The summed E-state index contributed by atoms with van der Waals surface area (Å²) in [6, 6.07) is 8.03. The Hall–Kier alpha value is -1.13. The fraction of sp³-hybridized carbons (Fsp3) is 0.182. The van der Waals surface area contributed by atoms with Crippen LogP contribution in [0, 0.1) is 0 Å². The van der Waals surface area contributed by atoms with Crippen molar-refractivity contribution in [2.75, 3.05) is 0 Å². The number of hydrogen-bond acceptors (Lipinski definition) is 2. The van der Waals surface area contributed by atoms with Crippen molar-refractivity contribution in [1.29, 1.82) is 0 Å². The van der Waals surface area contributed by atoms with Crippen molar-refractivity contribution < 1.29 is 5.11 Å². The molecule has 0 aliphatic rings. The number of rotatable bonds is 3. The molecule has 0 unspecified atom stereocenters. The van der Waals surface area contributed by atoms with Crippen LogP contribution in [0.3, 0.4) is 0 Å². The van der Waals surface area contributed by atoms with E-state index in [4.69, 9.17) is 5.11 Å². The Morgan fingerprint density at radius 1 is 1.33 bits per heavy atom. The highest BCUT2D eigenvalue weighted by molar-refractivity contribution is 9.10. The number of halogens is 1. The Labute approximate surface area is 96.5 Å². The third-order valence-electron chi connectivity index (χ3n) is 2.24. The van der Waals surface area contributed by atoms with E-state index in [0.29, 0.717) is 5.82 Å². The van der Waals surface area contributed by atoms with Crippen molar-refractivity contribution in [3.63, 3.8) is 0 Å². The molecule has 3 nitrogen and oxygen atoms in total. The van der Waals surface area contributed by atoms with Crippen molar-refractivity contribution in [3.8, 4) is 0 Å². The van der Waals surface area contributed by atoms with Gasteiger partial charge in [-0.05, 0) is 11.6 Å². The maximum Gasteiger partial charge on any atom is 0.134 e. The molecule has 0 fully saturated rings. The molecule has 78 valence electrons. The summed E-state index contributed by atoms with van der Waals surface area (Å²) < 4.78 is 3.00. The minimum absolute atomic E-state index is 0.0303. The van der Waals surface area contributed by atoms with Crippen LogP contribution in [0.15, 0.2) is 41.1 Å². The van der Waals surface area contributed by atoms with E-state index >= 15 is 0 Å². The van der Waals surface area contributed by atoms with Crippen molar-refractivity contribution in [2.45, 2.75) is 13.2 Å². The Morgan fingerprint density at radius 3 is 2.87 bits per heavy atom. The zero-order chi connectivity index (χ0) is 10.7. The van der Waals surface area contributed by atoms with Gasteiger partial charge >= 0.3 is 0 Å². The smallest absolute Gasteiger partial charge is 0.134 e. The van der Waals surface area contributed by atoms with Crippen LogP contribution in [0.1, 0.15) is 11.4 Å². The molecule has 0 atom stereocenters. The van der Waals surface area contributed by atoms with Gasteiger partial charge in [0.15, 0.2) is 0 Å². The highest BCUT2D eigenvalue weighted by Gasteiger charge is 2.03. The summed E-state index contributed by atoms with van der Waals surface area (Å²) in [5.74, 6) is 0.686. The summed E-state index contributed by atoms with van der Waals surface area (Å²) in [5, 5.41) is 9.06. The van der Waals surface area contributed by atoms with E-state index in [0.717, 1.165) is 11.0 Å². The van der Waals surface area contributed by atoms with Gasteiger partial charge in [-0.1, -0.05) is 34.1 Å². The van der Waals surface area contributed by atoms with Gasteiger partial charge in [0.2, 0.25) is 0 Å². The number of nitrogens with zero attached hydrogens (tertiary/aromatic N) is 2. The van der Waals surface area contributed by atoms with Gasteiger partial charge in [-0.15, -0.1) is 0 Å². The fourth-order valence-electron chi connectivity index (χ4n) is 1.45. The van der Waals surface area contributed by atoms with E-state index in [1.54, 1.807) is 6.20 Å². The predicted octanol–water partition coefficient (Wildman–Crippen LogP) is 2.19. The lowest BCUT2D eigenvalue weighted by atomic mass is 10.2. The first kappa shape index (κ1) is 10.4. The number of imidazole rings is 1. The van der Waals surface area contributed by atoms with Crippen LogP contribution in [0.25, 0.3) is 0 Å². The first-order chi connectivity index (χ1) is 7.31. The summed E-state index contributed by atoms with van der Waals surface area (Å²) in [6.07, 6.45) is 3.56. The van der Waals surface area contributed by atoms with E-state index in [1.807, 2.05) is 35.0 Å². The van der Waals surface area contributed by atoms with Crippen molar-refractivity contribution >= 4 is 15.9 Å². The molecule has 1 N–H and O–H groups in total. The molecule has 1 heterocycles. The Balaban J connectivity index is 2.26. The maximum absolute atomic E-state index is 9.06. The number of aliphatic hydroxyl groups excluding tert-OH is 1. The third-order valence-corrected chi connectivity index (χ3v) is 3.02. The van der Waals surface area contributed by atoms with Gasteiger partial charge in [0, 0.05) is 23.4 Å². The third kappa shape index (κ3) is 2.27. The first-order valence-corrected chi connectivity index (χ1v) is 5.45. The van der Waals surface area contributed by atoms with Crippen LogP contribution >= 0.6 is 15.9 Å². The lowest BCUT2D eigenvalue weighted by Gasteiger charge is -2.07. The van der Waals surface area contributed by atoms with Crippen LogP contribution < -0.4 is 0 Å². The van der Waals surface area contributed by atoms with Crippen LogP contribution in [-0.2, 0) is 13.2 Å². The van der Waals surface area contributed by atoms with Crippen LogP contribution in [0.2, 0.25) is 0 Å². The molecule has 0 saturated heterocycles. The van der Waals surface area contributed by atoms with E-state index in [1.165, 1.54) is 5.56 Å². The normalized spacial score (nSPS) is 10.5. The van der Waals surface area contributed by atoms with Gasteiger partial charge in [0.1, 0.15) is 12.4 Å². The molecule has 0 aliphatic heterocycles. The predicted molar refractivity (Wildman–Crippen MR) is 61.4 cm³/mol. The van der Waals surface area contributed by atoms with Gasteiger partial charge in [0.25, 0.3) is 0 Å². The van der Waals surface area contributed by atoms with Gasteiger partial charge in [-0.3, -0.25) is 0 Å². The molecule has 0 aliphatic carbocycles. The lowest BCUT2D eigenvalue weighted by molar-refractivity contribution is 0.266. The summed E-state index contributed by atoms with van der Waals surface area (Å²) in [7, 11) is 0. The second-order valence-electron chi connectivity index (χ2n) is 3.22. The fourth-order valence-corrected chi connectivity index (χ4v) is 1.86. The zero-order valence-corrected chi connectivity index (χ0v) is 9.68. The van der Waals surface area contributed by atoms with Gasteiger partial charge in [-0.2, -0.15) is 0 Å². The van der Waals surface area contributed by atoms with Crippen molar-refractivity contribution in [2.24, 2.45) is 0 Å². The zero-order valence-electron chi connectivity index (χ0n) is 8.10. The van der Waals surface area contributed by atoms with E-state index < -0.39 is 0 Å². The SMILES string of the molecule is OCc1nccn1Cc1ccccc1Br. The molecule has 1 aromatic carbocycles. The van der Waals surface area contributed by atoms with Crippen molar-refractivity contribution in [1.82, 2.24) is 9.55 Å². The molecular formula is C11H11BrN2O. The van der Waals surface area contributed by atoms with E-state index in [2.05, 4.69) is 20.9 Å². The van der Waals surface area contributed by atoms with Crippen molar-refractivity contribution in [3.05, 3.63) is 52.5 Å². The second kappa shape index (κ2) is 4.59. The van der Waals surface area contributed by atoms with Gasteiger partial charge in [0.05, 0.1) is 0 Å². The molecule has 4 heteroatoms. The van der Waals surface area contributed by atoms with E-state index in [9.17, 15) is 0 Å². The molecule has 2 rings (SSSR count). The summed E-state index contributed by atoms with van der Waals surface area (Å²) in [6.45, 7) is 0.689. The average Bonchev–Trinajstić information content (AvgIpc) is 2.69. The molecule has 15 heavy (non-hydrogen) atoms. The summed E-state index contributed by atoms with van der Waals surface area (Å²) >= 11 is 3.49. The molecule has 2 aromatic rings. The number of aliphatic hydroxyl groups is 1. The summed E-state index contributed by atoms with van der Waals surface area (Å²) in [4.78, 5) is 4.06. The topological polar surface area (TPSA) is 38.1 Å². The minimum atomic E-state index is -0.0303. The monoisotopic (exact) mass is 266 g/mol. The quantitative estimate of drug-likeness (QED) is 0.925. The molecule has 1 aromatic heterocycles. The largest absolute Gasteiger partial charge is 0.388 e. The molecule has 0 bridgehead atoms. The van der Waals surface area contributed by atoms with Crippen LogP contribution in [0.5, 0.6) is 0 Å². The molecule has 0 saturated carbocycles. The first-order valence-electron chi connectivity index (χ1n) is 4.65. The van der Waals surface area contributed by atoms with Crippen LogP contribution in [0.4, 0.5) is 0 Å².